The first-order chi connectivity index (χ1) is 11.4. The van der Waals surface area contributed by atoms with Crippen molar-refractivity contribution < 1.29 is 0 Å². The Bertz CT molecular complexity index is 877. The van der Waals surface area contributed by atoms with Gasteiger partial charge in [-0.05, 0) is 24.6 Å². The highest BCUT2D eigenvalue weighted by molar-refractivity contribution is 7.16. The van der Waals surface area contributed by atoms with Gasteiger partial charge in [-0.2, -0.15) is 5.10 Å². The fourth-order valence-corrected chi connectivity index (χ4v) is 4.54. The van der Waals surface area contributed by atoms with E-state index in [1.165, 1.54) is 21.5 Å². The molecule has 0 fully saturated rings. The van der Waals surface area contributed by atoms with Crippen LogP contribution in [0.25, 0.3) is 10.2 Å². The Labute approximate surface area is 147 Å². The van der Waals surface area contributed by atoms with E-state index in [0.717, 1.165) is 25.0 Å². The Morgan fingerprint density at radius 2 is 2.12 bits per heavy atom. The standard InChI is InChI=1S/C19H24N4S/c1-13(14-5-6-18-17(9-14)20-12-24-18)23-8-7-16-15(10-22(4)21-16)19(2,3)11-23/h5-6,9-10,12-13H,7-8,11H2,1-4H3. The van der Waals surface area contributed by atoms with Crippen LogP contribution < -0.4 is 0 Å². The molecule has 0 aliphatic carbocycles. The first-order valence-corrected chi connectivity index (χ1v) is 9.42. The summed E-state index contributed by atoms with van der Waals surface area (Å²) in [5.41, 5.74) is 7.16. The Balaban J connectivity index is 1.63. The number of thiazole rings is 1. The Morgan fingerprint density at radius 3 is 2.96 bits per heavy atom. The van der Waals surface area contributed by atoms with Crippen molar-refractivity contribution >= 4 is 21.6 Å². The Hall–Kier alpha value is -1.72. The lowest BCUT2D eigenvalue weighted by molar-refractivity contribution is 0.181. The molecule has 5 heteroatoms. The summed E-state index contributed by atoms with van der Waals surface area (Å²) in [6.07, 6.45) is 3.22. The van der Waals surface area contributed by atoms with Crippen LogP contribution in [0.4, 0.5) is 0 Å². The number of aromatic nitrogens is 3. The van der Waals surface area contributed by atoms with Crippen molar-refractivity contribution in [1.82, 2.24) is 19.7 Å². The van der Waals surface area contributed by atoms with Crippen LogP contribution >= 0.6 is 11.3 Å². The van der Waals surface area contributed by atoms with Crippen LogP contribution in [0.1, 0.15) is 43.6 Å². The molecular formula is C19H24N4S. The van der Waals surface area contributed by atoms with Gasteiger partial charge in [0.1, 0.15) is 0 Å². The molecule has 3 aromatic rings. The summed E-state index contributed by atoms with van der Waals surface area (Å²) < 4.78 is 3.22. The Morgan fingerprint density at radius 1 is 1.29 bits per heavy atom. The molecule has 4 rings (SSSR count). The SMILES string of the molecule is CC(c1ccc2scnc2c1)N1CCc2nn(C)cc2C(C)(C)C1. The summed E-state index contributed by atoms with van der Waals surface area (Å²) in [6.45, 7) is 9.07. The first-order valence-electron chi connectivity index (χ1n) is 8.54. The van der Waals surface area contributed by atoms with Gasteiger partial charge in [0.05, 0.1) is 21.4 Å². The summed E-state index contributed by atoms with van der Waals surface area (Å²) in [6, 6.07) is 7.10. The quantitative estimate of drug-likeness (QED) is 0.709. The fraction of sp³-hybridized carbons (Fsp3) is 0.474. The van der Waals surface area contributed by atoms with Crippen molar-refractivity contribution in [1.29, 1.82) is 0 Å². The molecule has 1 atom stereocenters. The van der Waals surface area contributed by atoms with Gasteiger partial charge < -0.3 is 0 Å². The zero-order valence-corrected chi connectivity index (χ0v) is 15.6. The highest BCUT2D eigenvalue weighted by atomic mass is 32.1. The van der Waals surface area contributed by atoms with Crippen LogP contribution in [0.5, 0.6) is 0 Å². The van der Waals surface area contributed by atoms with Crippen LogP contribution in [-0.4, -0.2) is 32.8 Å². The van der Waals surface area contributed by atoms with Gasteiger partial charge >= 0.3 is 0 Å². The van der Waals surface area contributed by atoms with Gasteiger partial charge in [-0.15, -0.1) is 11.3 Å². The predicted octanol–water partition coefficient (Wildman–Crippen LogP) is 3.93. The molecule has 0 bridgehead atoms. The first kappa shape index (κ1) is 15.8. The summed E-state index contributed by atoms with van der Waals surface area (Å²) in [5, 5.41) is 4.69. The van der Waals surface area contributed by atoms with E-state index in [1.54, 1.807) is 11.3 Å². The van der Waals surface area contributed by atoms with Crippen molar-refractivity contribution in [2.45, 2.75) is 38.6 Å². The fourth-order valence-electron chi connectivity index (χ4n) is 3.88. The topological polar surface area (TPSA) is 34.0 Å². The summed E-state index contributed by atoms with van der Waals surface area (Å²) in [5.74, 6) is 0. The maximum atomic E-state index is 4.69. The average molecular weight is 340 g/mol. The molecule has 0 saturated heterocycles. The number of rotatable bonds is 2. The minimum atomic E-state index is 0.110. The van der Waals surface area contributed by atoms with Crippen LogP contribution in [0.3, 0.4) is 0 Å². The highest BCUT2D eigenvalue weighted by Gasteiger charge is 2.33. The normalized spacial score (nSPS) is 19.2. The average Bonchev–Trinajstić information content (AvgIpc) is 3.13. The molecule has 0 amide bonds. The predicted molar refractivity (Wildman–Crippen MR) is 99.5 cm³/mol. The molecule has 0 radical (unpaired) electrons. The largest absolute Gasteiger partial charge is 0.295 e. The summed E-state index contributed by atoms with van der Waals surface area (Å²) in [7, 11) is 2.02. The van der Waals surface area contributed by atoms with E-state index >= 15 is 0 Å². The highest BCUT2D eigenvalue weighted by Crippen LogP contribution is 2.34. The van der Waals surface area contributed by atoms with Gasteiger partial charge in [0, 0.05) is 49.8 Å². The third kappa shape index (κ3) is 2.66. The van der Waals surface area contributed by atoms with Crippen LogP contribution in [0.2, 0.25) is 0 Å². The van der Waals surface area contributed by atoms with Crippen molar-refractivity contribution in [2.24, 2.45) is 7.05 Å². The number of fused-ring (bicyclic) bond motifs is 2. The van der Waals surface area contributed by atoms with E-state index in [0.29, 0.717) is 6.04 Å². The monoisotopic (exact) mass is 340 g/mol. The van der Waals surface area contributed by atoms with E-state index in [4.69, 9.17) is 0 Å². The molecular weight excluding hydrogens is 316 g/mol. The lowest BCUT2D eigenvalue weighted by atomic mass is 9.84. The second-order valence-electron chi connectivity index (χ2n) is 7.52. The molecule has 1 unspecified atom stereocenters. The molecule has 126 valence electrons. The molecule has 24 heavy (non-hydrogen) atoms. The Kier molecular flexibility index (Phi) is 3.73. The molecule has 3 heterocycles. The minimum absolute atomic E-state index is 0.110. The van der Waals surface area contributed by atoms with E-state index in [9.17, 15) is 0 Å². The van der Waals surface area contributed by atoms with E-state index in [-0.39, 0.29) is 5.41 Å². The molecule has 0 N–H and O–H groups in total. The second kappa shape index (κ2) is 5.67. The summed E-state index contributed by atoms with van der Waals surface area (Å²) in [4.78, 5) is 7.07. The zero-order chi connectivity index (χ0) is 16.9. The van der Waals surface area contributed by atoms with E-state index < -0.39 is 0 Å². The van der Waals surface area contributed by atoms with E-state index in [2.05, 4.69) is 60.1 Å². The third-order valence-corrected chi connectivity index (χ3v) is 6.06. The number of benzene rings is 1. The van der Waals surface area contributed by atoms with E-state index in [1.807, 2.05) is 17.2 Å². The zero-order valence-electron chi connectivity index (χ0n) is 14.8. The smallest absolute Gasteiger partial charge is 0.0815 e. The van der Waals surface area contributed by atoms with Crippen molar-refractivity contribution in [3.63, 3.8) is 0 Å². The molecule has 1 aliphatic rings. The second-order valence-corrected chi connectivity index (χ2v) is 8.41. The number of aryl methyl sites for hydroxylation is 1. The molecule has 2 aromatic heterocycles. The van der Waals surface area contributed by atoms with Crippen LogP contribution in [-0.2, 0) is 18.9 Å². The lowest BCUT2D eigenvalue weighted by Crippen LogP contribution is -2.37. The molecule has 4 nitrogen and oxygen atoms in total. The summed E-state index contributed by atoms with van der Waals surface area (Å²) >= 11 is 1.71. The van der Waals surface area contributed by atoms with Crippen molar-refractivity contribution in [3.05, 3.63) is 46.7 Å². The van der Waals surface area contributed by atoms with Gasteiger partial charge in [-0.3, -0.25) is 9.58 Å². The number of hydrogen-bond donors (Lipinski definition) is 0. The number of hydrogen-bond acceptors (Lipinski definition) is 4. The van der Waals surface area contributed by atoms with Gasteiger partial charge in [-0.25, -0.2) is 4.98 Å². The van der Waals surface area contributed by atoms with Crippen molar-refractivity contribution in [2.75, 3.05) is 13.1 Å². The molecule has 0 spiro atoms. The van der Waals surface area contributed by atoms with Gasteiger partial charge in [0.2, 0.25) is 0 Å². The maximum Gasteiger partial charge on any atom is 0.0815 e. The van der Waals surface area contributed by atoms with Gasteiger partial charge in [0.15, 0.2) is 0 Å². The van der Waals surface area contributed by atoms with Crippen molar-refractivity contribution in [3.8, 4) is 0 Å². The van der Waals surface area contributed by atoms with Gasteiger partial charge in [0.25, 0.3) is 0 Å². The maximum absolute atomic E-state index is 4.69. The lowest BCUT2D eigenvalue weighted by Gasteiger charge is -2.34. The van der Waals surface area contributed by atoms with Gasteiger partial charge in [-0.1, -0.05) is 19.9 Å². The molecule has 1 aromatic carbocycles. The van der Waals surface area contributed by atoms with Crippen LogP contribution in [0.15, 0.2) is 29.9 Å². The molecule has 0 saturated carbocycles. The van der Waals surface area contributed by atoms with Crippen LogP contribution in [0, 0.1) is 0 Å². The number of nitrogens with zero attached hydrogens (tertiary/aromatic N) is 4. The molecule has 1 aliphatic heterocycles. The minimum Gasteiger partial charge on any atom is -0.295 e. The third-order valence-electron chi connectivity index (χ3n) is 5.25.